The average Bonchev–Trinajstić information content (AvgIpc) is 2.53. The number of aromatic amines is 1. The predicted octanol–water partition coefficient (Wildman–Crippen LogP) is 1.63. The Balaban J connectivity index is 2.67. The largest absolute Gasteiger partial charge is 0.278 e. The van der Waals surface area contributed by atoms with E-state index in [0.29, 0.717) is 6.42 Å². The zero-order valence-electron chi connectivity index (χ0n) is 6.41. The van der Waals surface area contributed by atoms with Crippen molar-refractivity contribution < 1.29 is 0 Å². The molecule has 0 aliphatic heterocycles. The van der Waals surface area contributed by atoms with Gasteiger partial charge in [0.1, 0.15) is 0 Å². The molecule has 1 aromatic heterocycles. The van der Waals surface area contributed by atoms with Gasteiger partial charge in [0.25, 0.3) is 0 Å². The van der Waals surface area contributed by atoms with Crippen molar-refractivity contribution in [3.8, 4) is 6.07 Å². The first-order valence-electron chi connectivity index (χ1n) is 3.70. The van der Waals surface area contributed by atoms with Gasteiger partial charge in [0.15, 0.2) is 0 Å². The van der Waals surface area contributed by atoms with Gasteiger partial charge in [0, 0.05) is 5.39 Å². The van der Waals surface area contributed by atoms with E-state index in [4.69, 9.17) is 5.26 Å². The second kappa shape index (κ2) is 2.67. The zero-order chi connectivity index (χ0) is 8.39. The summed E-state index contributed by atoms with van der Waals surface area (Å²) in [6, 6.07) is 7.96. The first kappa shape index (κ1) is 6.86. The van der Waals surface area contributed by atoms with Crippen LogP contribution in [0.5, 0.6) is 0 Å². The van der Waals surface area contributed by atoms with Gasteiger partial charge in [-0.05, 0) is 5.56 Å². The van der Waals surface area contributed by atoms with Gasteiger partial charge < -0.3 is 0 Å². The Labute approximate surface area is 69.6 Å². The average molecular weight is 157 g/mol. The van der Waals surface area contributed by atoms with Crippen LogP contribution in [0.1, 0.15) is 5.56 Å². The molecular formula is C9H7N3. The molecule has 0 aliphatic rings. The van der Waals surface area contributed by atoms with Crippen molar-refractivity contribution in [1.82, 2.24) is 10.2 Å². The highest BCUT2D eigenvalue weighted by Gasteiger charge is 2.00. The molecule has 1 aromatic carbocycles. The number of para-hydroxylation sites is 1. The van der Waals surface area contributed by atoms with Crippen LogP contribution < -0.4 is 0 Å². The van der Waals surface area contributed by atoms with Crippen LogP contribution in [0.2, 0.25) is 0 Å². The molecular weight excluding hydrogens is 150 g/mol. The number of rotatable bonds is 1. The van der Waals surface area contributed by atoms with Gasteiger partial charge in [-0.25, -0.2) is 0 Å². The van der Waals surface area contributed by atoms with Gasteiger partial charge in [-0.1, -0.05) is 18.2 Å². The van der Waals surface area contributed by atoms with Gasteiger partial charge >= 0.3 is 0 Å². The van der Waals surface area contributed by atoms with Crippen LogP contribution in [-0.2, 0) is 6.42 Å². The molecule has 0 aliphatic carbocycles. The van der Waals surface area contributed by atoms with Gasteiger partial charge in [0.2, 0.25) is 0 Å². The number of fused-ring (bicyclic) bond motifs is 1. The summed E-state index contributed by atoms with van der Waals surface area (Å²) in [6.45, 7) is 0. The quantitative estimate of drug-likeness (QED) is 0.684. The van der Waals surface area contributed by atoms with E-state index in [9.17, 15) is 0 Å². The number of benzene rings is 1. The summed E-state index contributed by atoms with van der Waals surface area (Å²) in [5.41, 5.74) is 1.98. The topological polar surface area (TPSA) is 52.5 Å². The van der Waals surface area contributed by atoms with Crippen LogP contribution in [0.4, 0.5) is 0 Å². The van der Waals surface area contributed by atoms with E-state index < -0.39 is 0 Å². The summed E-state index contributed by atoms with van der Waals surface area (Å²) in [5.74, 6) is 0. The summed E-state index contributed by atoms with van der Waals surface area (Å²) in [5, 5.41) is 16.4. The molecule has 0 amide bonds. The number of hydrogen-bond donors (Lipinski definition) is 1. The van der Waals surface area contributed by atoms with E-state index >= 15 is 0 Å². The second-order valence-corrected chi connectivity index (χ2v) is 2.59. The molecule has 2 rings (SSSR count). The van der Waals surface area contributed by atoms with Crippen LogP contribution in [0.25, 0.3) is 10.9 Å². The first-order valence-corrected chi connectivity index (χ1v) is 3.70. The monoisotopic (exact) mass is 157 g/mol. The maximum atomic E-state index is 8.53. The van der Waals surface area contributed by atoms with Crippen molar-refractivity contribution in [3.63, 3.8) is 0 Å². The second-order valence-electron chi connectivity index (χ2n) is 2.59. The fraction of sp³-hybridized carbons (Fsp3) is 0.111. The number of nitrogens with zero attached hydrogens (tertiary/aromatic N) is 2. The van der Waals surface area contributed by atoms with Crippen molar-refractivity contribution >= 4 is 10.9 Å². The maximum absolute atomic E-state index is 8.53. The van der Waals surface area contributed by atoms with Crippen LogP contribution in [0, 0.1) is 11.3 Å². The van der Waals surface area contributed by atoms with E-state index in [1.807, 2.05) is 18.2 Å². The molecule has 0 atom stereocenters. The third kappa shape index (κ3) is 0.940. The third-order valence-electron chi connectivity index (χ3n) is 1.83. The third-order valence-corrected chi connectivity index (χ3v) is 1.83. The van der Waals surface area contributed by atoms with E-state index in [1.165, 1.54) is 0 Å². The lowest BCUT2D eigenvalue weighted by atomic mass is 10.1. The first-order chi connectivity index (χ1) is 5.92. The molecule has 0 bridgehead atoms. The smallest absolute Gasteiger partial charge is 0.0692 e. The molecule has 3 heteroatoms. The minimum Gasteiger partial charge on any atom is -0.278 e. The summed E-state index contributed by atoms with van der Waals surface area (Å²) in [6.07, 6.45) is 2.19. The fourth-order valence-corrected chi connectivity index (χ4v) is 1.26. The molecule has 0 fully saturated rings. The van der Waals surface area contributed by atoms with Crippen molar-refractivity contribution in [1.29, 1.82) is 5.26 Å². The number of hydrogen-bond acceptors (Lipinski definition) is 2. The van der Waals surface area contributed by atoms with Gasteiger partial charge in [-0.15, -0.1) is 0 Å². The Morgan fingerprint density at radius 2 is 2.42 bits per heavy atom. The van der Waals surface area contributed by atoms with Crippen LogP contribution >= 0.6 is 0 Å². The number of nitriles is 1. The van der Waals surface area contributed by atoms with Crippen molar-refractivity contribution in [2.45, 2.75) is 6.42 Å². The molecule has 1 N–H and O–H groups in total. The number of H-pyrrole nitrogens is 1. The van der Waals surface area contributed by atoms with E-state index in [1.54, 1.807) is 6.20 Å². The lowest BCUT2D eigenvalue weighted by Gasteiger charge is -1.94. The summed E-state index contributed by atoms with van der Waals surface area (Å²) in [4.78, 5) is 0. The lowest BCUT2D eigenvalue weighted by Crippen LogP contribution is -1.82. The summed E-state index contributed by atoms with van der Waals surface area (Å²) in [7, 11) is 0. The molecule has 0 saturated carbocycles. The van der Waals surface area contributed by atoms with Crippen LogP contribution in [0.3, 0.4) is 0 Å². The Bertz CT molecular complexity index is 436. The lowest BCUT2D eigenvalue weighted by molar-refractivity contribution is 1.11. The van der Waals surface area contributed by atoms with Crippen LogP contribution in [0.15, 0.2) is 24.4 Å². The Morgan fingerprint density at radius 1 is 1.50 bits per heavy atom. The van der Waals surface area contributed by atoms with Crippen LogP contribution in [-0.4, -0.2) is 10.2 Å². The van der Waals surface area contributed by atoms with Gasteiger partial charge in [-0.3, -0.25) is 5.10 Å². The maximum Gasteiger partial charge on any atom is 0.0692 e. The predicted molar refractivity (Wildman–Crippen MR) is 45.4 cm³/mol. The molecule has 58 valence electrons. The molecule has 0 spiro atoms. The normalized spacial score (nSPS) is 9.92. The fourth-order valence-electron chi connectivity index (χ4n) is 1.26. The van der Waals surface area contributed by atoms with Crippen molar-refractivity contribution in [2.75, 3.05) is 0 Å². The van der Waals surface area contributed by atoms with Gasteiger partial charge in [-0.2, -0.15) is 10.4 Å². The Hall–Kier alpha value is -1.82. The Morgan fingerprint density at radius 3 is 3.25 bits per heavy atom. The van der Waals surface area contributed by atoms with Crippen molar-refractivity contribution in [3.05, 3.63) is 30.0 Å². The molecule has 0 saturated heterocycles. The Kier molecular flexibility index (Phi) is 1.52. The minimum atomic E-state index is 0.430. The van der Waals surface area contributed by atoms with Crippen molar-refractivity contribution in [2.24, 2.45) is 0 Å². The molecule has 2 aromatic rings. The highest BCUT2D eigenvalue weighted by atomic mass is 15.1. The number of nitrogens with one attached hydrogen (secondary N) is 1. The zero-order valence-corrected chi connectivity index (χ0v) is 6.41. The van der Waals surface area contributed by atoms with E-state index in [-0.39, 0.29) is 0 Å². The summed E-state index contributed by atoms with van der Waals surface area (Å²) >= 11 is 0. The highest BCUT2D eigenvalue weighted by molar-refractivity contribution is 5.81. The standard InChI is InChI=1S/C9H7N3/c10-5-4-7-2-1-3-8-6-11-12-9(7)8/h1-3,6H,4H2,(H,11,12). The minimum absolute atomic E-state index is 0.430. The van der Waals surface area contributed by atoms with Gasteiger partial charge in [0.05, 0.1) is 24.2 Å². The molecule has 0 unspecified atom stereocenters. The molecule has 12 heavy (non-hydrogen) atoms. The molecule has 3 nitrogen and oxygen atoms in total. The molecule has 1 heterocycles. The highest BCUT2D eigenvalue weighted by Crippen LogP contribution is 2.15. The van der Waals surface area contributed by atoms with E-state index in [0.717, 1.165) is 16.5 Å². The number of aromatic nitrogens is 2. The molecule has 0 radical (unpaired) electrons. The SMILES string of the molecule is N#CCc1cccc2cn[nH]c12. The van der Waals surface area contributed by atoms with E-state index in [2.05, 4.69) is 16.3 Å². The summed E-state index contributed by atoms with van der Waals surface area (Å²) < 4.78 is 0.